The molecule has 0 amide bonds. The van der Waals surface area contributed by atoms with Crippen molar-refractivity contribution in [1.29, 1.82) is 0 Å². The molecular formula is C39H53N4O4+. The molecular weight excluding hydrogens is 588 g/mol. The van der Waals surface area contributed by atoms with E-state index in [0.717, 1.165) is 47.0 Å². The van der Waals surface area contributed by atoms with Crippen LogP contribution in [0, 0.1) is 0 Å². The van der Waals surface area contributed by atoms with Crippen molar-refractivity contribution in [2.24, 2.45) is 10.2 Å². The van der Waals surface area contributed by atoms with Crippen molar-refractivity contribution in [1.82, 2.24) is 0 Å². The third-order valence-corrected chi connectivity index (χ3v) is 8.15. The van der Waals surface area contributed by atoms with Gasteiger partial charge in [-0.25, -0.2) is 9.36 Å². The van der Waals surface area contributed by atoms with Gasteiger partial charge < -0.3 is 19.1 Å². The van der Waals surface area contributed by atoms with E-state index in [1.165, 1.54) is 38.5 Å². The third kappa shape index (κ3) is 13.1. The van der Waals surface area contributed by atoms with E-state index in [1.807, 2.05) is 71.5 Å². The van der Waals surface area contributed by atoms with Gasteiger partial charge in [-0.2, -0.15) is 10.2 Å². The Labute approximate surface area is 281 Å². The van der Waals surface area contributed by atoms with Crippen LogP contribution in [0.2, 0.25) is 0 Å². The lowest BCUT2D eigenvalue weighted by Crippen LogP contribution is -2.35. The van der Waals surface area contributed by atoms with E-state index in [2.05, 4.69) is 38.8 Å². The number of hydrogen-bond acceptors (Lipinski definition) is 7. The minimum absolute atomic E-state index is 0.425. The standard InChI is InChI=1S/C39H53N4O4/c1-8-9-10-11-12-13-14-28-45-38-21-17-35(18-22-38)41-40-32(4)30(2)31(3)33(5)47-39(44)34-15-19-37(20-16-34)46-29-27-43-25-23-36(24-26-43)42(6)7/h15-26H,8-14,27-29H2,1-7H3/q+1/b32-30+,33-31+,41-40?. The van der Waals surface area contributed by atoms with Crippen molar-refractivity contribution in [3.8, 4) is 11.5 Å². The maximum absolute atomic E-state index is 12.9. The van der Waals surface area contributed by atoms with Crippen molar-refractivity contribution < 1.29 is 23.6 Å². The zero-order valence-corrected chi connectivity index (χ0v) is 29.4. The van der Waals surface area contributed by atoms with Gasteiger partial charge in [0.05, 0.1) is 23.6 Å². The molecule has 47 heavy (non-hydrogen) atoms. The molecule has 1 aromatic heterocycles. The Kier molecular flexibility index (Phi) is 15.7. The maximum Gasteiger partial charge on any atom is 0.343 e. The van der Waals surface area contributed by atoms with Crippen LogP contribution in [0.3, 0.4) is 0 Å². The molecule has 0 saturated carbocycles. The number of benzene rings is 2. The number of carbonyl (C=O) groups is 1. The first-order valence-corrected chi connectivity index (χ1v) is 16.8. The van der Waals surface area contributed by atoms with Crippen LogP contribution >= 0.6 is 0 Å². The summed E-state index contributed by atoms with van der Waals surface area (Å²) in [6, 6.07) is 18.8. The van der Waals surface area contributed by atoms with Crippen LogP contribution in [0.1, 0.15) is 89.9 Å². The number of ether oxygens (including phenoxy) is 3. The predicted molar refractivity (Wildman–Crippen MR) is 190 cm³/mol. The van der Waals surface area contributed by atoms with Gasteiger partial charge in [0, 0.05) is 31.9 Å². The molecule has 3 aromatic rings. The first-order chi connectivity index (χ1) is 22.7. The first kappa shape index (κ1) is 37.0. The average Bonchev–Trinajstić information content (AvgIpc) is 3.08. The summed E-state index contributed by atoms with van der Waals surface area (Å²) in [5.41, 5.74) is 4.81. The highest BCUT2D eigenvalue weighted by molar-refractivity contribution is 5.90. The van der Waals surface area contributed by atoms with Crippen LogP contribution in [0.4, 0.5) is 11.4 Å². The fraction of sp³-hybridized carbons (Fsp3) is 0.436. The minimum Gasteiger partial charge on any atom is -0.494 e. The Morgan fingerprint density at radius 2 is 1.30 bits per heavy atom. The van der Waals surface area contributed by atoms with Crippen molar-refractivity contribution >= 4 is 17.3 Å². The van der Waals surface area contributed by atoms with Gasteiger partial charge >= 0.3 is 5.97 Å². The number of azo groups is 1. The van der Waals surface area contributed by atoms with Crippen LogP contribution in [-0.4, -0.2) is 33.3 Å². The minimum atomic E-state index is -0.425. The zero-order valence-electron chi connectivity index (χ0n) is 29.4. The topological polar surface area (TPSA) is 76.6 Å². The van der Waals surface area contributed by atoms with E-state index in [0.29, 0.717) is 30.2 Å². The number of anilines is 1. The molecule has 0 bridgehead atoms. The van der Waals surface area contributed by atoms with Crippen molar-refractivity contribution in [2.45, 2.75) is 86.1 Å². The van der Waals surface area contributed by atoms with Crippen LogP contribution in [-0.2, 0) is 11.3 Å². The summed E-state index contributed by atoms with van der Waals surface area (Å²) in [5.74, 6) is 1.63. The smallest absolute Gasteiger partial charge is 0.343 e. The van der Waals surface area contributed by atoms with E-state index >= 15 is 0 Å². The van der Waals surface area contributed by atoms with Crippen LogP contribution in [0.5, 0.6) is 11.5 Å². The van der Waals surface area contributed by atoms with Crippen LogP contribution < -0.4 is 18.9 Å². The van der Waals surface area contributed by atoms with E-state index in [4.69, 9.17) is 14.2 Å². The van der Waals surface area contributed by atoms with Gasteiger partial charge in [-0.15, -0.1) is 0 Å². The first-order valence-electron chi connectivity index (χ1n) is 16.8. The lowest BCUT2D eigenvalue weighted by Gasteiger charge is -2.11. The molecule has 0 unspecified atom stereocenters. The lowest BCUT2D eigenvalue weighted by atomic mass is 10.1. The molecule has 0 spiro atoms. The number of esters is 1. The van der Waals surface area contributed by atoms with Crippen molar-refractivity contribution in [3.05, 3.63) is 101 Å². The highest BCUT2D eigenvalue weighted by Gasteiger charge is 2.12. The second-order valence-corrected chi connectivity index (χ2v) is 12.0. The molecule has 8 heteroatoms. The molecule has 0 saturated heterocycles. The molecule has 0 radical (unpaired) electrons. The number of rotatable bonds is 19. The number of pyridine rings is 1. The summed E-state index contributed by atoms with van der Waals surface area (Å²) in [7, 11) is 4.04. The normalized spacial score (nSPS) is 12.4. The predicted octanol–water partition coefficient (Wildman–Crippen LogP) is 9.78. The number of aromatic nitrogens is 1. The van der Waals surface area contributed by atoms with Crippen molar-refractivity contribution in [2.75, 3.05) is 32.2 Å². The largest absolute Gasteiger partial charge is 0.494 e. The molecule has 0 N–H and O–H groups in total. The van der Waals surface area contributed by atoms with Gasteiger partial charge in [0.25, 0.3) is 0 Å². The summed E-state index contributed by atoms with van der Waals surface area (Å²) >= 11 is 0. The third-order valence-electron chi connectivity index (χ3n) is 8.15. The summed E-state index contributed by atoms with van der Waals surface area (Å²) in [4.78, 5) is 14.9. The van der Waals surface area contributed by atoms with Gasteiger partial charge in [0.2, 0.25) is 0 Å². The fourth-order valence-electron chi connectivity index (χ4n) is 4.73. The monoisotopic (exact) mass is 641 g/mol. The Hall–Kier alpha value is -4.46. The zero-order chi connectivity index (χ0) is 34.0. The summed E-state index contributed by atoms with van der Waals surface area (Å²) in [5, 5.41) is 8.80. The van der Waals surface area contributed by atoms with E-state index < -0.39 is 5.97 Å². The fourth-order valence-corrected chi connectivity index (χ4v) is 4.73. The summed E-state index contributed by atoms with van der Waals surface area (Å²) in [6.07, 6.45) is 12.9. The van der Waals surface area contributed by atoms with Gasteiger partial charge in [-0.3, -0.25) is 0 Å². The molecule has 0 atom stereocenters. The highest BCUT2D eigenvalue weighted by Crippen LogP contribution is 2.24. The highest BCUT2D eigenvalue weighted by atomic mass is 16.5. The number of unbranched alkanes of at least 4 members (excludes halogenated alkanes) is 6. The SMILES string of the molecule is CCCCCCCCCOc1ccc(N=N/C(C)=C(C)/C(C)=C(\C)OC(=O)c2ccc(OCC[n+]3ccc(N(C)C)cc3)cc2)cc1. The van der Waals surface area contributed by atoms with E-state index in [1.54, 1.807) is 31.2 Å². The van der Waals surface area contributed by atoms with Gasteiger partial charge in [0.15, 0.2) is 18.9 Å². The van der Waals surface area contributed by atoms with Crippen molar-refractivity contribution in [3.63, 3.8) is 0 Å². The molecule has 8 nitrogen and oxygen atoms in total. The van der Waals surface area contributed by atoms with Crippen LogP contribution in [0.15, 0.2) is 106 Å². The molecule has 0 fully saturated rings. The van der Waals surface area contributed by atoms with Gasteiger partial charge in [-0.1, -0.05) is 45.4 Å². The Morgan fingerprint density at radius 1 is 0.723 bits per heavy atom. The molecule has 0 aliphatic heterocycles. The molecule has 0 aliphatic rings. The summed E-state index contributed by atoms with van der Waals surface area (Å²) < 4.78 is 19.5. The quantitative estimate of drug-likeness (QED) is 0.0325. The molecule has 1 heterocycles. The number of nitrogens with zero attached hydrogens (tertiary/aromatic N) is 4. The lowest BCUT2D eigenvalue weighted by molar-refractivity contribution is -0.697. The average molecular weight is 642 g/mol. The maximum atomic E-state index is 12.9. The Bertz CT molecular complexity index is 1470. The molecule has 2 aromatic carbocycles. The van der Waals surface area contributed by atoms with Crippen LogP contribution in [0.25, 0.3) is 0 Å². The summed E-state index contributed by atoms with van der Waals surface area (Å²) in [6.45, 7) is 11.7. The van der Waals surface area contributed by atoms with Gasteiger partial charge in [0.1, 0.15) is 23.9 Å². The molecule has 252 valence electrons. The number of hydrogen-bond donors (Lipinski definition) is 0. The number of carbonyl (C=O) groups excluding carboxylic acids is 1. The Balaban J connectivity index is 1.45. The Morgan fingerprint density at radius 3 is 1.91 bits per heavy atom. The van der Waals surface area contributed by atoms with E-state index in [-0.39, 0.29) is 0 Å². The van der Waals surface area contributed by atoms with Gasteiger partial charge in [-0.05, 0) is 93.8 Å². The number of allylic oxidation sites excluding steroid dienone is 4. The second-order valence-electron chi connectivity index (χ2n) is 12.0. The molecule has 3 rings (SSSR count). The second kappa shape index (κ2) is 19.9. The molecule has 0 aliphatic carbocycles. The van der Waals surface area contributed by atoms with E-state index in [9.17, 15) is 4.79 Å².